The van der Waals surface area contributed by atoms with E-state index in [1.54, 1.807) is 30.3 Å². The van der Waals surface area contributed by atoms with E-state index in [1.165, 1.54) is 17.7 Å². The number of rotatable bonds is 7. The van der Waals surface area contributed by atoms with Crippen LogP contribution in [-0.4, -0.2) is 69.9 Å². The number of pyridine rings is 1. The number of amides is 1. The zero-order chi connectivity index (χ0) is 26.7. The number of alkyl halides is 2. The molecule has 2 aromatic rings. The van der Waals surface area contributed by atoms with Crippen LogP contribution in [0.3, 0.4) is 0 Å². The third-order valence-corrected chi connectivity index (χ3v) is 9.71. The first-order valence-electron chi connectivity index (χ1n) is 12.9. The Morgan fingerprint density at radius 1 is 1.05 bits per heavy atom. The number of hydrogen-bond donors (Lipinski definition) is 2. The van der Waals surface area contributed by atoms with Gasteiger partial charge in [0.05, 0.1) is 43.2 Å². The van der Waals surface area contributed by atoms with Crippen LogP contribution in [0.4, 0.5) is 31.8 Å². The molecule has 204 valence electrons. The van der Waals surface area contributed by atoms with Crippen molar-refractivity contribution in [1.82, 2.24) is 4.98 Å². The second-order valence-electron chi connectivity index (χ2n) is 11.1. The molecule has 1 aromatic carbocycles. The van der Waals surface area contributed by atoms with Gasteiger partial charge in [0.2, 0.25) is 10.0 Å². The van der Waals surface area contributed by atoms with E-state index in [1.807, 2.05) is 6.92 Å². The molecule has 1 spiro atoms. The summed E-state index contributed by atoms with van der Waals surface area (Å²) in [4.78, 5) is 21.5. The number of halogens is 2. The lowest BCUT2D eigenvalue weighted by Gasteiger charge is -2.39. The van der Waals surface area contributed by atoms with Crippen LogP contribution in [0.15, 0.2) is 30.3 Å². The van der Waals surface area contributed by atoms with Gasteiger partial charge in [-0.1, -0.05) is 0 Å². The Morgan fingerprint density at radius 3 is 2.37 bits per heavy atom. The summed E-state index contributed by atoms with van der Waals surface area (Å²) in [6.07, 6.45) is 4.54. The number of piperidine rings is 1. The highest BCUT2D eigenvalue weighted by Crippen LogP contribution is 2.54. The smallest absolute Gasteiger partial charge is 0.282 e. The summed E-state index contributed by atoms with van der Waals surface area (Å²) in [5.41, 5.74) is 2.66. The third-order valence-electron chi connectivity index (χ3n) is 8.04. The molecule has 0 bridgehead atoms. The molecule has 4 fully saturated rings. The predicted molar refractivity (Wildman–Crippen MR) is 141 cm³/mol. The first-order chi connectivity index (χ1) is 18.0. The van der Waals surface area contributed by atoms with E-state index < -0.39 is 40.2 Å². The average Bonchev–Trinajstić information content (AvgIpc) is 3.54. The highest BCUT2D eigenvalue weighted by Gasteiger charge is 2.45. The summed E-state index contributed by atoms with van der Waals surface area (Å²) in [5.74, 6) is -2.46. The Kier molecular flexibility index (Phi) is 6.02. The van der Waals surface area contributed by atoms with E-state index >= 15 is 0 Å². The molecular formula is C26H31F2N5O4S. The Balaban J connectivity index is 1.25. The SMILES string of the molecule is Cc1cc(NC(=O)c2ccc(NS(=O)(=O)C3COC3)cc2N2CCC3(CC2)CC3)nc(N2CC(F)(F)C2)c1. The molecule has 38 heavy (non-hydrogen) atoms. The van der Waals surface area contributed by atoms with Crippen molar-refractivity contribution in [3.05, 3.63) is 41.5 Å². The van der Waals surface area contributed by atoms with Crippen molar-refractivity contribution >= 4 is 38.9 Å². The monoisotopic (exact) mass is 547 g/mol. The zero-order valence-electron chi connectivity index (χ0n) is 21.2. The van der Waals surface area contributed by atoms with Crippen LogP contribution in [0, 0.1) is 12.3 Å². The van der Waals surface area contributed by atoms with Gasteiger partial charge in [0.25, 0.3) is 11.8 Å². The molecule has 3 saturated heterocycles. The number of aryl methyl sites for hydroxylation is 1. The number of sulfonamides is 1. The molecule has 6 rings (SSSR count). The number of carbonyl (C=O) groups is 1. The highest BCUT2D eigenvalue weighted by atomic mass is 32.2. The van der Waals surface area contributed by atoms with Crippen LogP contribution in [-0.2, 0) is 14.8 Å². The summed E-state index contributed by atoms with van der Waals surface area (Å²) in [7, 11) is -3.60. The Hall–Kier alpha value is -2.99. The molecule has 0 unspecified atom stereocenters. The van der Waals surface area contributed by atoms with Crippen molar-refractivity contribution < 1.29 is 26.7 Å². The number of carbonyl (C=O) groups excluding carboxylic acids is 1. The molecule has 1 amide bonds. The zero-order valence-corrected chi connectivity index (χ0v) is 22.0. The average molecular weight is 548 g/mol. The molecule has 0 radical (unpaired) electrons. The number of nitrogens with one attached hydrogen (secondary N) is 2. The summed E-state index contributed by atoms with van der Waals surface area (Å²) < 4.78 is 59.8. The molecule has 1 aliphatic carbocycles. The van der Waals surface area contributed by atoms with E-state index in [0.29, 0.717) is 28.2 Å². The molecule has 9 nitrogen and oxygen atoms in total. The lowest BCUT2D eigenvalue weighted by atomic mass is 9.93. The van der Waals surface area contributed by atoms with Gasteiger partial charge in [-0.15, -0.1) is 0 Å². The first-order valence-corrected chi connectivity index (χ1v) is 14.5. The molecule has 0 atom stereocenters. The molecule has 2 N–H and O–H groups in total. The highest BCUT2D eigenvalue weighted by molar-refractivity contribution is 7.93. The predicted octanol–water partition coefficient (Wildman–Crippen LogP) is 3.62. The van der Waals surface area contributed by atoms with Crippen molar-refractivity contribution in [1.29, 1.82) is 0 Å². The number of benzene rings is 1. The van der Waals surface area contributed by atoms with Gasteiger partial charge >= 0.3 is 0 Å². The molecule has 4 aliphatic rings. The maximum absolute atomic E-state index is 13.5. The van der Waals surface area contributed by atoms with Crippen LogP contribution in [0.5, 0.6) is 0 Å². The van der Waals surface area contributed by atoms with Gasteiger partial charge in [-0.2, -0.15) is 0 Å². The Labute approximate surface area is 220 Å². The van der Waals surface area contributed by atoms with Gasteiger partial charge < -0.3 is 19.9 Å². The van der Waals surface area contributed by atoms with E-state index in [2.05, 4.69) is 19.9 Å². The van der Waals surface area contributed by atoms with Crippen molar-refractivity contribution in [2.45, 2.75) is 43.8 Å². The van der Waals surface area contributed by atoms with E-state index in [9.17, 15) is 22.0 Å². The molecule has 1 aromatic heterocycles. The van der Waals surface area contributed by atoms with Gasteiger partial charge in [-0.05, 0) is 73.9 Å². The third kappa shape index (κ3) is 5.03. The minimum atomic E-state index is -3.60. The minimum Gasteiger partial charge on any atom is -0.378 e. The molecule has 3 aliphatic heterocycles. The fraction of sp³-hybridized carbons (Fsp3) is 0.538. The van der Waals surface area contributed by atoms with Crippen molar-refractivity contribution in [3.63, 3.8) is 0 Å². The topological polar surface area (TPSA) is 104 Å². The van der Waals surface area contributed by atoms with E-state index in [0.717, 1.165) is 31.5 Å². The number of anilines is 4. The normalized spacial score (nSPS) is 22.0. The first kappa shape index (κ1) is 25.3. The van der Waals surface area contributed by atoms with E-state index in [-0.39, 0.29) is 19.0 Å². The van der Waals surface area contributed by atoms with Crippen molar-refractivity contribution in [3.8, 4) is 0 Å². The van der Waals surface area contributed by atoms with Gasteiger partial charge in [0.15, 0.2) is 0 Å². The lowest BCUT2D eigenvalue weighted by Crippen LogP contribution is -2.56. The van der Waals surface area contributed by atoms with Crippen LogP contribution in [0.1, 0.15) is 41.6 Å². The van der Waals surface area contributed by atoms with Crippen LogP contribution in [0.2, 0.25) is 0 Å². The van der Waals surface area contributed by atoms with Crippen LogP contribution >= 0.6 is 0 Å². The van der Waals surface area contributed by atoms with E-state index in [4.69, 9.17) is 4.74 Å². The number of hydrogen-bond acceptors (Lipinski definition) is 7. The number of nitrogens with zero attached hydrogens (tertiary/aromatic N) is 3. The van der Waals surface area contributed by atoms with Gasteiger partial charge in [0, 0.05) is 13.1 Å². The van der Waals surface area contributed by atoms with Gasteiger partial charge in [-0.25, -0.2) is 22.2 Å². The number of aromatic nitrogens is 1. The molecule has 1 saturated carbocycles. The standard InChI is InChI=1S/C26H31F2N5O4S/c1-17-10-22(29-23(11-17)33-15-26(27,28)16-33)30-24(34)20-3-2-18(31-38(35,36)19-13-37-14-19)12-21(20)32-8-6-25(4-5-25)7-9-32/h2-3,10-12,19,31H,4-9,13-16H2,1H3,(H,29,30,34). The van der Waals surface area contributed by atoms with Crippen LogP contribution in [0.25, 0.3) is 0 Å². The number of ether oxygens (including phenoxy) is 1. The van der Waals surface area contributed by atoms with Crippen molar-refractivity contribution in [2.75, 3.05) is 59.2 Å². The van der Waals surface area contributed by atoms with Crippen molar-refractivity contribution in [2.24, 2.45) is 5.41 Å². The molecular weight excluding hydrogens is 516 g/mol. The Bertz CT molecular complexity index is 1360. The maximum atomic E-state index is 13.5. The van der Waals surface area contributed by atoms with Gasteiger partial charge in [-0.3, -0.25) is 9.52 Å². The second-order valence-corrected chi connectivity index (χ2v) is 13.0. The summed E-state index contributed by atoms with van der Waals surface area (Å²) in [5, 5.41) is 2.24. The second kappa shape index (κ2) is 9.04. The fourth-order valence-corrected chi connectivity index (χ4v) is 6.49. The Morgan fingerprint density at radius 2 is 1.76 bits per heavy atom. The van der Waals surface area contributed by atoms with Crippen LogP contribution < -0.4 is 19.8 Å². The summed E-state index contributed by atoms with van der Waals surface area (Å²) in [6.45, 7) is 2.91. The summed E-state index contributed by atoms with van der Waals surface area (Å²) >= 11 is 0. The minimum absolute atomic E-state index is 0.164. The fourth-order valence-electron chi connectivity index (χ4n) is 5.32. The maximum Gasteiger partial charge on any atom is 0.282 e. The largest absolute Gasteiger partial charge is 0.378 e. The molecule has 12 heteroatoms. The summed E-state index contributed by atoms with van der Waals surface area (Å²) in [6, 6.07) is 8.33. The molecule has 4 heterocycles. The lowest BCUT2D eigenvalue weighted by molar-refractivity contribution is -0.0267. The quantitative estimate of drug-likeness (QED) is 0.546. The van der Waals surface area contributed by atoms with Gasteiger partial charge in [0.1, 0.15) is 16.9 Å².